The summed E-state index contributed by atoms with van der Waals surface area (Å²) >= 11 is 1.20. The van der Waals surface area contributed by atoms with Gasteiger partial charge in [0.25, 0.3) is 5.91 Å². The van der Waals surface area contributed by atoms with Crippen LogP contribution in [0.3, 0.4) is 0 Å². The molecule has 0 saturated heterocycles. The smallest absolute Gasteiger partial charge is 0.262 e. The van der Waals surface area contributed by atoms with Crippen LogP contribution in [0.5, 0.6) is 0 Å². The fraction of sp³-hybridized carbons (Fsp3) is 0.421. The van der Waals surface area contributed by atoms with E-state index < -0.39 is 10.0 Å². The van der Waals surface area contributed by atoms with Gasteiger partial charge in [0.2, 0.25) is 10.0 Å². The number of sulfonamides is 1. The van der Waals surface area contributed by atoms with Gasteiger partial charge in [-0.25, -0.2) is 8.42 Å². The van der Waals surface area contributed by atoms with E-state index in [1.54, 1.807) is 11.4 Å². The summed E-state index contributed by atoms with van der Waals surface area (Å²) in [5, 5.41) is 4.69. The lowest BCUT2D eigenvalue weighted by Crippen LogP contribution is -2.37. The molecule has 2 aromatic rings. The molecule has 5 nitrogen and oxygen atoms in total. The van der Waals surface area contributed by atoms with E-state index in [2.05, 4.69) is 5.32 Å². The SMILES string of the molecule is O=C(NC1CCCC1)c1sccc1S(=O)(=O)N1CCc2ccccc2C1. The molecule has 7 heteroatoms. The zero-order chi connectivity index (χ0) is 18.1. The summed E-state index contributed by atoms with van der Waals surface area (Å²) in [5.41, 5.74) is 2.23. The Balaban J connectivity index is 1.57. The normalized spacial score (nSPS) is 18.6. The van der Waals surface area contributed by atoms with Crippen LogP contribution in [0.4, 0.5) is 0 Å². The molecule has 26 heavy (non-hydrogen) atoms. The molecular formula is C19H22N2O3S2. The average Bonchev–Trinajstić information content (AvgIpc) is 3.33. The van der Waals surface area contributed by atoms with Gasteiger partial charge in [0.05, 0.1) is 0 Å². The van der Waals surface area contributed by atoms with Crippen LogP contribution >= 0.6 is 11.3 Å². The Morgan fingerprint density at radius 3 is 2.62 bits per heavy atom. The molecule has 2 aliphatic rings. The average molecular weight is 391 g/mol. The second-order valence-corrected chi connectivity index (χ2v) is 9.75. The summed E-state index contributed by atoms with van der Waals surface area (Å²) in [4.78, 5) is 13.1. The van der Waals surface area contributed by atoms with Gasteiger partial charge in [0.15, 0.2) is 0 Å². The summed E-state index contributed by atoms with van der Waals surface area (Å²) in [6.07, 6.45) is 4.88. The van der Waals surface area contributed by atoms with Crippen LogP contribution in [0.15, 0.2) is 40.6 Å². The summed E-state index contributed by atoms with van der Waals surface area (Å²) in [7, 11) is -3.69. The van der Waals surface area contributed by atoms with E-state index in [-0.39, 0.29) is 16.8 Å². The number of rotatable bonds is 4. The van der Waals surface area contributed by atoms with E-state index in [4.69, 9.17) is 0 Å². The summed E-state index contributed by atoms with van der Waals surface area (Å²) in [5.74, 6) is -0.261. The van der Waals surface area contributed by atoms with Crippen LogP contribution in [0.2, 0.25) is 0 Å². The minimum atomic E-state index is -3.69. The van der Waals surface area contributed by atoms with Crippen molar-refractivity contribution < 1.29 is 13.2 Å². The maximum atomic E-state index is 13.2. The van der Waals surface area contributed by atoms with Crippen LogP contribution in [-0.4, -0.2) is 31.2 Å². The molecule has 1 aliphatic heterocycles. The van der Waals surface area contributed by atoms with Crippen LogP contribution in [0, 0.1) is 0 Å². The maximum absolute atomic E-state index is 13.2. The van der Waals surface area contributed by atoms with E-state index in [0.29, 0.717) is 24.4 Å². The Morgan fingerprint density at radius 1 is 1.12 bits per heavy atom. The molecule has 4 rings (SSSR count). The zero-order valence-corrected chi connectivity index (χ0v) is 16.1. The molecule has 0 radical (unpaired) electrons. The zero-order valence-electron chi connectivity index (χ0n) is 14.5. The highest BCUT2D eigenvalue weighted by molar-refractivity contribution is 7.89. The van der Waals surface area contributed by atoms with E-state index in [9.17, 15) is 13.2 Å². The first-order valence-corrected chi connectivity index (χ1v) is 11.3. The number of hydrogen-bond donors (Lipinski definition) is 1. The number of nitrogens with one attached hydrogen (secondary N) is 1. The molecule has 0 unspecified atom stereocenters. The van der Waals surface area contributed by atoms with Crippen molar-refractivity contribution >= 4 is 27.3 Å². The second kappa shape index (κ2) is 7.13. The molecule has 0 spiro atoms. The highest BCUT2D eigenvalue weighted by Crippen LogP contribution is 2.30. The van der Waals surface area contributed by atoms with Gasteiger partial charge in [-0.15, -0.1) is 11.3 Å². The molecule has 1 amide bonds. The second-order valence-electron chi connectivity index (χ2n) is 6.93. The number of amides is 1. The highest BCUT2D eigenvalue weighted by atomic mass is 32.2. The molecule has 1 saturated carbocycles. The Bertz CT molecular complexity index is 914. The van der Waals surface area contributed by atoms with Crippen molar-refractivity contribution in [1.29, 1.82) is 0 Å². The number of benzene rings is 1. The lowest BCUT2D eigenvalue weighted by Gasteiger charge is -2.28. The van der Waals surface area contributed by atoms with Crippen molar-refractivity contribution in [1.82, 2.24) is 9.62 Å². The molecule has 2 heterocycles. The fourth-order valence-electron chi connectivity index (χ4n) is 3.80. The van der Waals surface area contributed by atoms with Gasteiger partial charge in [-0.05, 0) is 41.8 Å². The molecule has 1 fully saturated rings. The molecule has 1 N–H and O–H groups in total. The van der Waals surface area contributed by atoms with Gasteiger partial charge < -0.3 is 5.32 Å². The number of carbonyl (C=O) groups is 1. The first-order valence-electron chi connectivity index (χ1n) is 9.01. The van der Waals surface area contributed by atoms with Gasteiger partial charge in [0, 0.05) is 19.1 Å². The van der Waals surface area contributed by atoms with Crippen LogP contribution in [0.25, 0.3) is 0 Å². The molecule has 1 aromatic carbocycles. The summed E-state index contributed by atoms with van der Waals surface area (Å²) in [6.45, 7) is 0.802. The fourth-order valence-corrected chi connectivity index (χ4v) is 6.52. The quantitative estimate of drug-likeness (QED) is 0.872. The third-order valence-electron chi connectivity index (χ3n) is 5.24. The first kappa shape index (κ1) is 17.7. The molecule has 0 bridgehead atoms. The molecular weight excluding hydrogens is 368 g/mol. The molecule has 1 aromatic heterocycles. The third-order valence-corrected chi connectivity index (χ3v) is 8.17. The standard InChI is InChI=1S/C19H22N2O3S2/c22-19(20-16-7-3-4-8-16)18-17(10-12-25-18)26(23,24)21-11-9-14-5-1-2-6-15(14)13-21/h1-2,5-6,10,12,16H,3-4,7-9,11,13H2,(H,20,22). The van der Waals surface area contributed by atoms with Crippen LogP contribution in [0.1, 0.15) is 46.5 Å². The van der Waals surface area contributed by atoms with E-state index in [1.807, 2.05) is 24.3 Å². The van der Waals surface area contributed by atoms with Gasteiger partial charge in [-0.2, -0.15) is 4.31 Å². The van der Waals surface area contributed by atoms with Gasteiger partial charge in [-0.3, -0.25) is 4.79 Å². The Morgan fingerprint density at radius 2 is 1.85 bits per heavy atom. The summed E-state index contributed by atoms with van der Waals surface area (Å²) < 4.78 is 27.8. The first-order chi connectivity index (χ1) is 12.6. The van der Waals surface area contributed by atoms with Gasteiger partial charge >= 0.3 is 0 Å². The monoisotopic (exact) mass is 390 g/mol. The van der Waals surface area contributed by atoms with Gasteiger partial charge in [0.1, 0.15) is 9.77 Å². The minimum absolute atomic E-state index is 0.136. The van der Waals surface area contributed by atoms with Crippen LogP contribution < -0.4 is 5.32 Å². The van der Waals surface area contributed by atoms with Crippen molar-refractivity contribution in [3.05, 3.63) is 51.7 Å². The van der Waals surface area contributed by atoms with E-state index in [0.717, 1.165) is 31.2 Å². The van der Waals surface area contributed by atoms with E-state index >= 15 is 0 Å². The molecule has 0 atom stereocenters. The Labute approximate surface area is 158 Å². The Kier molecular flexibility index (Phi) is 4.86. The molecule has 138 valence electrons. The predicted molar refractivity (Wildman–Crippen MR) is 102 cm³/mol. The number of thiophene rings is 1. The lowest BCUT2D eigenvalue weighted by atomic mass is 10.0. The predicted octanol–water partition coefficient (Wildman–Crippen LogP) is 3.17. The number of fused-ring (bicyclic) bond motifs is 1. The summed E-state index contributed by atoms with van der Waals surface area (Å²) in [6, 6.07) is 9.65. The molecule has 1 aliphatic carbocycles. The number of hydrogen-bond acceptors (Lipinski definition) is 4. The minimum Gasteiger partial charge on any atom is -0.349 e. The van der Waals surface area contributed by atoms with E-state index in [1.165, 1.54) is 21.2 Å². The number of nitrogens with zero attached hydrogens (tertiary/aromatic N) is 1. The topological polar surface area (TPSA) is 66.5 Å². The maximum Gasteiger partial charge on any atom is 0.262 e. The largest absolute Gasteiger partial charge is 0.349 e. The van der Waals surface area contributed by atoms with Crippen molar-refractivity contribution in [3.63, 3.8) is 0 Å². The Hall–Kier alpha value is -1.70. The van der Waals surface area contributed by atoms with Crippen molar-refractivity contribution in [2.75, 3.05) is 6.54 Å². The number of carbonyl (C=O) groups excluding carboxylic acids is 1. The van der Waals surface area contributed by atoms with Crippen molar-refractivity contribution in [2.45, 2.75) is 49.6 Å². The van der Waals surface area contributed by atoms with Crippen LogP contribution in [-0.2, 0) is 23.0 Å². The lowest BCUT2D eigenvalue weighted by molar-refractivity contribution is 0.0939. The highest BCUT2D eigenvalue weighted by Gasteiger charge is 2.33. The van der Waals surface area contributed by atoms with Crippen molar-refractivity contribution in [3.8, 4) is 0 Å². The van der Waals surface area contributed by atoms with Gasteiger partial charge in [-0.1, -0.05) is 37.1 Å². The third kappa shape index (κ3) is 3.31. The van der Waals surface area contributed by atoms with Crippen molar-refractivity contribution in [2.24, 2.45) is 0 Å².